The Balaban J connectivity index is 1.20. The topological polar surface area (TPSA) is 50.9 Å². The van der Waals surface area contributed by atoms with Gasteiger partial charge in [0.1, 0.15) is 5.75 Å². The molecule has 3 heterocycles. The summed E-state index contributed by atoms with van der Waals surface area (Å²) >= 11 is 0. The van der Waals surface area contributed by atoms with E-state index in [9.17, 15) is 5.11 Å². The molecule has 9 aromatic rings. The van der Waals surface area contributed by atoms with E-state index in [1.165, 1.54) is 21.8 Å². The van der Waals surface area contributed by atoms with Crippen LogP contribution in [-0.2, 0) is 0 Å². The van der Waals surface area contributed by atoms with E-state index in [1.807, 2.05) is 48.7 Å². The van der Waals surface area contributed by atoms with Crippen molar-refractivity contribution in [1.29, 1.82) is 0 Å². The van der Waals surface area contributed by atoms with E-state index in [-0.39, 0.29) is 5.75 Å². The van der Waals surface area contributed by atoms with Crippen LogP contribution in [0, 0.1) is 6.92 Å². The highest BCUT2D eigenvalue weighted by Gasteiger charge is 2.18. The number of pyridine rings is 2. The van der Waals surface area contributed by atoms with Crippen LogP contribution in [0.2, 0.25) is 0 Å². The predicted molar refractivity (Wildman–Crippen MR) is 210 cm³/mol. The fourth-order valence-electron chi connectivity index (χ4n) is 7.20. The Morgan fingerprint density at radius 3 is 1.96 bits per heavy atom. The third-order valence-electron chi connectivity index (χ3n) is 9.70. The number of para-hydroxylation sites is 4. The van der Waals surface area contributed by atoms with Crippen LogP contribution < -0.4 is 0 Å². The summed E-state index contributed by atoms with van der Waals surface area (Å²) in [6, 6.07) is 58.4. The second-order valence-electron chi connectivity index (χ2n) is 12.9. The number of aromatic nitrogens is 3. The number of phenols is 1. The average Bonchev–Trinajstić information content (AvgIpc) is 3.53. The molecule has 0 saturated carbocycles. The van der Waals surface area contributed by atoms with Gasteiger partial charge in [-0.15, -0.1) is 0 Å². The van der Waals surface area contributed by atoms with Gasteiger partial charge in [0.15, 0.2) is 0 Å². The summed E-state index contributed by atoms with van der Waals surface area (Å²) in [5, 5.41) is 13.2. The maximum Gasteiger partial charge on any atom is 0.124 e. The Kier molecular flexibility index (Phi) is 7.48. The van der Waals surface area contributed by atoms with Gasteiger partial charge >= 0.3 is 0 Å². The molecular weight excluding hydrogens is 623 g/mol. The van der Waals surface area contributed by atoms with Crippen molar-refractivity contribution >= 4 is 21.8 Å². The molecule has 0 atom stereocenters. The van der Waals surface area contributed by atoms with Gasteiger partial charge in [-0.25, -0.2) is 4.98 Å². The highest BCUT2D eigenvalue weighted by atomic mass is 16.3. The van der Waals surface area contributed by atoms with Crippen LogP contribution in [0.3, 0.4) is 0 Å². The van der Waals surface area contributed by atoms with Gasteiger partial charge in [0.05, 0.1) is 28.1 Å². The fourth-order valence-corrected chi connectivity index (χ4v) is 7.20. The molecule has 0 radical (unpaired) electrons. The number of benzene rings is 6. The normalized spacial score (nSPS) is 11.3. The first-order valence-electron chi connectivity index (χ1n) is 17.1. The molecule has 6 aromatic carbocycles. The van der Waals surface area contributed by atoms with Crippen molar-refractivity contribution in [3.8, 4) is 67.5 Å². The summed E-state index contributed by atoms with van der Waals surface area (Å²) < 4.78 is 2.37. The van der Waals surface area contributed by atoms with Crippen LogP contribution in [0.4, 0.5) is 0 Å². The summed E-state index contributed by atoms with van der Waals surface area (Å²) in [5.41, 5.74) is 14.1. The summed E-state index contributed by atoms with van der Waals surface area (Å²) in [7, 11) is 0. The number of fused-ring (bicyclic) bond motifs is 3. The summed E-state index contributed by atoms with van der Waals surface area (Å²) in [6.07, 6.45) is 1.91. The van der Waals surface area contributed by atoms with Gasteiger partial charge in [0.25, 0.3) is 0 Å². The van der Waals surface area contributed by atoms with E-state index in [1.54, 1.807) is 6.07 Å². The van der Waals surface area contributed by atoms with Crippen molar-refractivity contribution in [2.24, 2.45) is 0 Å². The van der Waals surface area contributed by atoms with Crippen LogP contribution in [-0.4, -0.2) is 19.6 Å². The lowest BCUT2D eigenvalue weighted by Crippen LogP contribution is -1.96. The van der Waals surface area contributed by atoms with Crippen molar-refractivity contribution in [1.82, 2.24) is 14.5 Å². The molecule has 0 amide bonds. The van der Waals surface area contributed by atoms with E-state index >= 15 is 0 Å². The molecule has 0 aliphatic rings. The summed E-state index contributed by atoms with van der Waals surface area (Å²) in [5.74, 6) is 0.203. The molecular formula is C47H33N3O. The van der Waals surface area contributed by atoms with E-state index in [0.29, 0.717) is 5.56 Å². The van der Waals surface area contributed by atoms with E-state index in [0.717, 1.165) is 61.7 Å². The molecule has 51 heavy (non-hydrogen) atoms. The quantitative estimate of drug-likeness (QED) is 0.194. The molecule has 0 unspecified atom stereocenters. The lowest BCUT2D eigenvalue weighted by atomic mass is 9.95. The minimum Gasteiger partial charge on any atom is -0.507 e. The SMILES string of the molecule is Cc1ccc(-c2cc(-c3cccc4c5ccccc5n(-c5ccccc5)c34)ccn2)cc1-c1cc(-c2ccccc2)cc(-c2ccccc2O)n1. The Bertz CT molecular complexity index is 2710. The first kappa shape index (κ1) is 30.3. The average molecular weight is 656 g/mol. The zero-order chi connectivity index (χ0) is 34.3. The number of aromatic hydroxyl groups is 1. The van der Waals surface area contributed by atoms with Crippen molar-refractivity contribution in [2.75, 3.05) is 0 Å². The van der Waals surface area contributed by atoms with Crippen LogP contribution in [0.25, 0.3) is 83.5 Å². The molecule has 0 aliphatic carbocycles. The lowest BCUT2D eigenvalue weighted by Gasteiger charge is -2.14. The van der Waals surface area contributed by atoms with E-state index < -0.39 is 0 Å². The van der Waals surface area contributed by atoms with Gasteiger partial charge in [-0.05, 0) is 89.8 Å². The highest BCUT2D eigenvalue weighted by molar-refractivity contribution is 6.13. The second-order valence-corrected chi connectivity index (χ2v) is 12.9. The van der Waals surface area contributed by atoms with Crippen molar-refractivity contribution in [2.45, 2.75) is 6.92 Å². The van der Waals surface area contributed by atoms with Gasteiger partial charge in [-0.1, -0.05) is 109 Å². The molecule has 0 aliphatic heterocycles. The van der Waals surface area contributed by atoms with Crippen LogP contribution in [0.5, 0.6) is 5.75 Å². The third-order valence-corrected chi connectivity index (χ3v) is 9.70. The van der Waals surface area contributed by atoms with Gasteiger partial charge in [0, 0.05) is 44.9 Å². The predicted octanol–water partition coefficient (Wildman–Crippen LogP) is 11.9. The Morgan fingerprint density at radius 2 is 1.14 bits per heavy atom. The zero-order valence-corrected chi connectivity index (χ0v) is 28.0. The van der Waals surface area contributed by atoms with Gasteiger partial charge in [-0.2, -0.15) is 0 Å². The van der Waals surface area contributed by atoms with Crippen molar-refractivity contribution in [3.05, 3.63) is 182 Å². The molecule has 4 nitrogen and oxygen atoms in total. The number of phenolic OH excluding ortho intramolecular Hbond substituents is 1. The van der Waals surface area contributed by atoms with E-state index in [2.05, 4.69) is 133 Å². The zero-order valence-electron chi connectivity index (χ0n) is 28.0. The minimum absolute atomic E-state index is 0.203. The monoisotopic (exact) mass is 655 g/mol. The first-order chi connectivity index (χ1) is 25.1. The number of rotatable bonds is 6. The standard InChI is InChI=1S/C47H33N3O/c1-31-23-24-34(27-41(31)44-30-35(32-13-4-2-5-14-32)29-43(49-44)40-18-9-11-22-46(40)51)42-28-33(25-26-48-42)37-19-12-20-39-38-17-8-10-21-45(38)50(47(37)39)36-15-6-3-7-16-36/h2-30,51H,1H3. The van der Waals surface area contributed by atoms with Crippen LogP contribution in [0.1, 0.15) is 5.56 Å². The number of aryl methyl sites for hydroxylation is 1. The molecule has 1 N–H and O–H groups in total. The maximum absolute atomic E-state index is 10.8. The first-order valence-corrected chi connectivity index (χ1v) is 17.1. The molecule has 0 bridgehead atoms. The van der Waals surface area contributed by atoms with E-state index in [4.69, 9.17) is 9.97 Å². The van der Waals surface area contributed by atoms with Gasteiger partial charge in [0.2, 0.25) is 0 Å². The Morgan fingerprint density at radius 1 is 0.471 bits per heavy atom. The van der Waals surface area contributed by atoms with Crippen molar-refractivity contribution in [3.63, 3.8) is 0 Å². The molecule has 4 heteroatoms. The summed E-state index contributed by atoms with van der Waals surface area (Å²) in [6.45, 7) is 2.11. The minimum atomic E-state index is 0.203. The highest BCUT2D eigenvalue weighted by Crippen LogP contribution is 2.40. The largest absolute Gasteiger partial charge is 0.507 e. The maximum atomic E-state index is 10.8. The number of hydrogen-bond acceptors (Lipinski definition) is 3. The molecule has 0 fully saturated rings. The molecule has 0 saturated heterocycles. The third kappa shape index (κ3) is 5.44. The van der Waals surface area contributed by atoms with Crippen molar-refractivity contribution < 1.29 is 5.11 Å². The van der Waals surface area contributed by atoms with Crippen LogP contribution in [0.15, 0.2) is 176 Å². The fraction of sp³-hybridized carbons (Fsp3) is 0.0213. The second kappa shape index (κ2) is 12.6. The number of nitrogens with zero attached hydrogens (tertiary/aromatic N) is 3. The molecule has 0 spiro atoms. The smallest absolute Gasteiger partial charge is 0.124 e. The Labute approximate surface area is 296 Å². The lowest BCUT2D eigenvalue weighted by molar-refractivity contribution is 0.477. The molecule has 242 valence electrons. The van der Waals surface area contributed by atoms with Gasteiger partial charge < -0.3 is 9.67 Å². The van der Waals surface area contributed by atoms with Crippen LogP contribution >= 0.6 is 0 Å². The molecule has 3 aromatic heterocycles. The number of hydrogen-bond donors (Lipinski definition) is 1. The molecule has 9 rings (SSSR count). The Hall–Kier alpha value is -6.78. The summed E-state index contributed by atoms with van der Waals surface area (Å²) in [4.78, 5) is 10.0. The van der Waals surface area contributed by atoms with Gasteiger partial charge in [-0.3, -0.25) is 4.98 Å².